The summed E-state index contributed by atoms with van der Waals surface area (Å²) in [5.74, 6) is 0.423. The normalized spacial score (nSPS) is 11.3. The predicted molar refractivity (Wildman–Crippen MR) is 88.9 cm³/mol. The number of benzene rings is 1. The highest BCUT2D eigenvalue weighted by Crippen LogP contribution is 2.22. The van der Waals surface area contributed by atoms with Crippen LogP contribution in [0.4, 0.5) is 10.1 Å². The fraction of sp³-hybridized carbons (Fsp3) is 0.294. The third kappa shape index (κ3) is 2.72. The Labute approximate surface area is 133 Å². The van der Waals surface area contributed by atoms with Crippen LogP contribution in [0.1, 0.15) is 24.7 Å². The number of hydrogen-bond acceptors (Lipinski definition) is 3. The van der Waals surface area contributed by atoms with Gasteiger partial charge in [0.25, 0.3) is 5.56 Å². The number of imidazole rings is 1. The summed E-state index contributed by atoms with van der Waals surface area (Å²) < 4.78 is 17.2. The lowest BCUT2D eigenvalue weighted by Gasteiger charge is -2.06. The van der Waals surface area contributed by atoms with Gasteiger partial charge in [-0.05, 0) is 36.2 Å². The molecule has 0 spiro atoms. The molecule has 3 rings (SSSR count). The lowest BCUT2D eigenvalue weighted by molar-refractivity contribution is 0.626. The minimum absolute atomic E-state index is 0.198. The highest BCUT2D eigenvalue weighted by molar-refractivity contribution is 5.80. The largest absolute Gasteiger partial charge is 0.394 e. The number of pyridine rings is 1. The van der Waals surface area contributed by atoms with Crippen LogP contribution >= 0.6 is 0 Å². The second-order valence-corrected chi connectivity index (χ2v) is 5.67. The van der Waals surface area contributed by atoms with E-state index in [4.69, 9.17) is 5.73 Å². The molecule has 2 heterocycles. The minimum atomic E-state index is -0.267. The van der Waals surface area contributed by atoms with E-state index in [9.17, 15) is 9.18 Å². The van der Waals surface area contributed by atoms with Gasteiger partial charge in [-0.2, -0.15) is 0 Å². The van der Waals surface area contributed by atoms with Crippen molar-refractivity contribution in [3.05, 3.63) is 58.0 Å². The number of aromatic nitrogens is 3. The number of halogens is 1. The van der Waals surface area contributed by atoms with Gasteiger partial charge in [-0.25, -0.2) is 9.37 Å². The smallest absolute Gasteiger partial charge is 0.274 e. The van der Waals surface area contributed by atoms with E-state index in [-0.39, 0.29) is 17.1 Å². The van der Waals surface area contributed by atoms with Crippen molar-refractivity contribution in [3.8, 4) is 0 Å². The number of hydrogen-bond donors (Lipinski definition) is 1. The van der Waals surface area contributed by atoms with E-state index in [0.717, 1.165) is 29.4 Å². The van der Waals surface area contributed by atoms with Gasteiger partial charge >= 0.3 is 0 Å². The van der Waals surface area contributed by atoms with Gasteiger partial charge in [0, 0.05) is 13.2 Å². The van der Waals surface area contributed by atoms with Crippen LogP contribution in [-0.2, 0) is 20.0 Å². The zero-order valence-electron chi connectivity index (χ0n) is 13.2. The average molecular weight is 314 g/mol. The number of nitrogen functional groups attached to an aromatic ring is 1. The second-order valence-electron chi connectivity index (χ2n) is 5.67. The molecule has 0 saturated heterocycles. The summed E-state index contributed by atoms with van der Waals surface area (Å²) in [6, 6.07) is 6.31. The Hall–Kier alpha value is -2.63. The quantitative estimate of drug-likeness (QED) is 0.804. The molecule has 0 unspecified atom stereocenters. The summed E-state index contributed by atoms with van der Waals surface area (Å²) >= 11 is 0. The Kier molecular flexibility index (Phi) is 3.90. The maximum Gasteiger partial charge on any atom is 0.274 e. The summed E-state index contributed by atoms with van der Waals surface area (Å²) in [6.45, 7) is 2.34. The van der Waals surface area contributed by atoms with Gasteiger partial charge in [-0.15, -0.1) is 0 Å². The maximum absolute atomic E-state index is 13.8. The lowest BCUT2D eigenvalue weighted by Crippen LogP contribution is -2.23. The summed E-state index contributed by atoms with van der Waals surface area (Å²) in [5, 5.41) is 0. The van der Waals surface area contributed by atoms with Crippen molar-refractivity contribution in [2.75, 3.05) is 5.73 Å². The molecular weight excluding hydrogens is 295 g/mol. The van der Waals surface area contributed by atoms with Crippen LogP contribution in [0.5, 0.6) is 0 Å². The van der Waals surface area contributed by atoms with Crippen molar-refractivity contribution in [1.82, 2.24) is 14.1 Å². The number of nitrogens with two attached hydrogens (primary N) is 1. The molecule has 2 N–H and O–H groups in total. The first-order chi connectivity index (χ1) is 11.0. The third-order valence-electron chi connectivity index (χ3n) is 4.00. The highest BCUT2D eigenvalue weighted by atomic mass is 19.1. The van der Waals surface area contributed by atoms with Crippen molar-refractivity contribution in [3.63, 3.8) is 0 Å². The van der Waals surface area contributed by atoms with Gasteiger partial charge in [0.2, 0.25) is 0 Å². The summed E-state index contributed by atoms with van der Waals surface area (Å²) in [5.41, 5.74) is 8.03. The van der Waals surface area contributed by atoms with E-state index in [1.165, 1.54) is 16.7 Å². The molecule has 0 bridgehead atoms. The highest BCUT2D eigenvalue weighted by Gasteiger charge is 2.14. The molecule has 0 aliphatic heterocycles. The van der Waals surface area contributed by atoms with E-state index >= 15 is 0 Å². The first-order valence-electron chi connectivity index (χ1n) is 7.60. The van der Waals surface area contributed by atoms with E-state index in [2.05, 4.69) is 4.98 Å². The Bertz CT molecular complexity index is 926. The van der Waals surface area contributed by atoms with Crippen molar-refractivity contribution >= 4 is 16.7 Å². The van der Waals surface area contributed by atoms with Crippen LogP contribution in [0.2, 0.25) is 0 Å². The molecule has 0 atom stereocenters. The topological polar surface area (TPSA) is 65.8 Å². The molecule has 6 heteroatoms. The Morgan fingerprint density at radius 2 is 2.13 bits per heavy atom. The van der Waals surface area contributed by atoms with Crippen molar-refractivity contribution < 1.29 is 4.39 Å². The monoisotopic (exact) mass is 314 g/mol. The number of aryl methyl sites for hydroxylation is 2. The lowest BCUT2D eigenvalue weighted by atomic mass is 10.1. The molecule has 0 fully saturated rings. The first-order valence-corrected chi connectivity index (χ1v) is 7.60. The van der Waals surface area contributed by atoms with Crippen LogP contribution < -0.4 is 11.3 Å². The zero-order valence-corrected chi connectivity index (χ0v) is 13.2. The van der Waals surface area contributed by atoms with Crippen LogP contribution in [0.15, 0.2) is 35.3 Å². The molecule has 23 heavy (non-hydrogen) atoms. The van der Waals surface area contributed by atoms with Crippen LogP contribution in [0, 0.1) is 5.82 Å². The Morgan fingerprint density at radius 3 is 2.87 bits per heavy atom. The molecule has 0 aliphatic carbocycles. The molecule has 3 aromatic rings. The fourth-order valence-corrected chi connectivity index (χ4v) is 2.80. The van der Waals surface area contributed by atoms with E-state index < -0.39 is 0 Å². The molecule has 0 aliphatic rings. The van der Waals surface area contributed by atoms with Crippen LogP contribution in [0.3, 0.4) is 0 Å². The average Bonchev–Trinajstić information content (AvgIpc) is 2.81. The van der Waals surface area contributed by atoms with E-state index in [0.29, 0.717) is 12.4 Å². The van der Waals surface area contributed by atoms with E-state index in [1.807, 2.05) is 18.5 Å². The van der Waals surface area contributed by atoms with Gasteiger partial charge in [-0.1, -0.05) is 13.3 Å². The first kappa shape index (κ1) is 15.3. The van der Waals surface area contributed by atoms with Crippen LogP contribution in [0.25, 0.3) is 11.0 Å². The summed E-state index contributed by atoms with van der Waals surface area (Å²) in [4.78, 5) is 16.7. The molecule has 0 saturated carbocycles. The standard InChI is InChI=1S/C17H19FN4O/c1-3-5-11-8-12(18)9-14-16(11)20-15(21(14)2)10-22-7-4-6-13(19)17(22)23/h4,6-9H,3,5,10,19H2,1-2H3. The molecule has 2 aromatic heterocycles. The molecule has 120 valence electrons. The van der Waals surface area contributed by atoms with Crippen molar-refractivity contribution in [2.45, 2.75) is 26.3 Å². The number of anilines is 1. The van der Waals surface area contributed by atoms with Gasteiger partial charge in [-0.3, -0.25) is 4.79 Å². The van der Waals surface area contributed by atoms with Gasteiger partial charge in [0.05, 0.1) is 23.3 Å². The number of fused-ring (bicyclic) bond motifs is 1. The zero-order chi connectivity index (χ0) is 16.6. The van der Waals surface area contributed by atoms with Crippen molar-refractivity contribution in [2.24, 2.45) is 7.05 Å². The minimum Gasteiger partial charge on any atom is -0.394 e. The number of rotatable bonds is 4. The fourth-order valence-electron chi connectivity index (χ4n) is 2.80. The van der Waals surface area contributed by atoms with Gasteiger partial charge in [0.1, 0.15) is 11.6 Å². The maximum atomic E-state index is 13.8. The third-order valence-corrected chi connectivity index (χ3v) is 4.00. The predicted octanol–water partition coefficient (Wildman–Crippen LogP) is 2.46. The Balaban J connectivity index is 2.12. The summed E-state index contributed by atoms with van der Waals surface area (Å²) in [7, 11) is 1.83. The van der Waals surface area contributed by atoms with Gasteiger partial charge < -0.3 is 14.9 Å². The van der Waals surface area contributed by atoms with E-state index in [1.54, 1.807) is 18.3 Å². The molecule has 0 amide bonds. The van der Waals surface area contributed by atoms with Crippen LogP contribution in [-0.4, -0.2) is 14.1 Å². The number of nitrogens with zero attached hydrogens (tertiary/aromatic N) is 3. The molecule has 1 aromatic carbocycles. The molecule has 0 radical (unpaired) electrons. The summed E-state index contributed by atoms with van der Waals surface area (Å²) in [6.07, 6.45) is 3.35. The second kappa shape index (κ2) is 5.87. The molecule has 5 nitrogen and oxygen atoms in total. The van der Waals surface area contributed by atoms with Crippen molar-refractivity contribution in [1.29, 1.82) is 0 Å². The molecular formula is C17H19FN4O. The SMILES string of the molecule is CCCc1cc(F)cc2c1nc(Cn1cccc(N)c1=O)n2C. The van der Waals surface area contributed by atoms with Gasteiger partial charge in [0.15, 0.2) is 0 Å². The Morgan fingerprint density at radius 1 is 1.35 bits per heavy atom.